The zero-order chi connectivity index (χ0) is 48.3. The van der Waals surface area contributed by atoms with Gasteiger partial charge in [-0.25, -0.2) is 14.4 Å². The number of Topliss-reactive ketones (excluding diaryl/α,β-unsaturated/α-hetero) is 1. The smallest absolute Gasteiger partial charge is 0.413 e. The molecule has 4 rings (SSSR count). The molecule has 4 N–H and O–H groups in total. The number of ketones is 1. The zero-order valence-corrected chi connectivity index (χ0v) is 39.5. The van der Waals surface area contributed by atoms with Crippen LogP contribution in [0.25, 0.3) is 0 Å². The Morgan fingerprint density at radius 3 is 1.68 bits per heavy atom. The highest BCUT2D eigenvalue weighted by Crippen LogP contribution is 2.49. The van der Waals surface area contributed by atoms with Crippen LogP contribution in [0.5, 0.6) is 5.75 Å². The molecule has 4 aromatic rings. The number of benzene rings is 4. The summed E-state index contributed by atoms with van der Waals surface area (Å²) in [5.74, 6) is -2.79. The van der Waals surface area contributed by atoms with Crippen LogP contribution in [-0.2, 0) is 44.6 Å². The number of primary amides is 1. The number of rotatable bonds is 23. The molecule has 0 heterocycles. The third-order valence-electron chi connectivity index (χ3n) is 10.0. The van der Waals surface area contributed by atoms with Gasteiger partial charge in [0.25, 0.3) is 0 Å². The Balaban J connectivity index is 1.53. The molecular formula is C52H63N3O10S. The third kappa shape index (κ3) is 16.9. The summed E-state index contributed by atoms with van der Waals surface area (Å²) in [6, 6.07) is 33.9. The van der Waals surface area contributed by atoms with Crippen molar-refractivity contribution in [3.8, 4) is 5.75 Å². The van der Waals surface area contributed by atoms with Crippen molar-refractivity contribution in [1.29, 1.82) is 0 Å². The van der Waals surface area contributed by atoms with E-state index in [1.54, 1.807) is 53.7 Å². The van der Waals surface area contributed by atoms with Crippen LogP contribution in [0.4, 0.5) is 9.59 Å². The number of carbonyl (C=O) groups is 6. The molecule has 4 aromatic carbocycles. The Morgan fingerprint density at radius 2 is 1.20 bits per heavy atom. The van der Waals surface area contributed by atoms with Crippen LogP contribution in [0.1, 0.15) is 95.9 Å². The molecule has 0 saturated heterocycles. The number of esters is 2. The van der Waals surface area contributed by atoms with Gasteiger partial charge >= 0.3 is 24.1 Å². The second-order valence-corrected chi connectivity index (χ2v) is 19.0. The first-order chi connectivity index (χ1) is 31.3. The number of alkyl carbamates (subject to hydrolysis) is 1. The van der Waals surface area contributed by atoms with E-state index in [0.29, 0.717) is 18.4 Å². The minimum atomic E-state index is -1.09. The van der Waals surface area contributed by atoms with E-state index in [2.05, 4.69) is 17.2 Å². The second-order valence-electron chi connectivity index (χ2n) is 17.7. The Morgan fingerprint density at radius 1 is 0.682 bits per heavy atom. The van der Waals surface area contributed by atoms with Crippen LogP contribution in [-0.4, -0.2) is 71.5 Å². The highest BCUT2D eigenvalue weighted by molar-refractivity contribution is 8.00. The molecule has 66 heavy (non-hydrogen) atoms. The summed E-state index contributed by atoms with van der Waals surface area (Å²) < 4.78 is 20.8. The van der Waals surface area contributed by atoms with Crippen LogP contribution in [0.15, 0.2) is 128 Å². The van der Waals surface area contributed by atoms with Gasteiger partial charge in [-0.2, -0.15) is 0 Å². The van der Waals surface area contributed by atoms with Crippen LogP contribution >= 0.6 is 11.8 Å². The molecule has 14 heteroatoms. The van der Waals surface area contributed by atoms with Gasteiger partial charge in [0.05, 0.1) is 16.7 Å². The molecule has 0 fully saturated rings. The SMILES string of the molecule is C=CCOC(=O)[C@H](Cc1ccc(OC(=O)N[C@@H](CCCCC(=O)OC(C)(C)C)C(=O)C[C@@H](CSC(c2ccccc2)(c2ccccc2)c2ccccc2)C(N)=O)cc1)NC(=O)OC(C)(C)C. The molecular weight excluding hydrogens is 859 g/mol. The number of amides is 3. The summed E-state index contributed by atoms with van der Waals surface area (Å²) in [5.41, 5.74) is 8.12. The van der Waals surface area contributed by atoms with Gasteiger partial charge in [-0.3, -0.25) is 14.4 Å². The van der Waals surface area contributed by atoms with Crippen molar-refractivity contribution in [2.24, 2.45) is 11.7 Å². The van der Waals surface area contributed by atoms with E-state index in [0.717, 1.165) is 16.7 Å². The van der Waals surface area contributed by atoms with Crippen molar-refractivity contribution >= 4 is 47.6 Å². The summed E-state index contributed by atoms with van der Waals surface area (Å²) in [7, 11) is 0. The van der Waals surface area contributed by atoms with Crippen molar-refractivity contribution in [1.82, 2.24) is 10.6 Å². The normalized spacial score (nSPS) is 12.9. The number of carbonyl (C=O) groups excluding carboxylic acids is 6. The quantitative estimate of drug-likeness (QED) is 0.0212. The fourth-order valence-corrected chi connectivity index (χ4v) is 8.68. The van der Waals surface area contributed by atoms with Gasteiger partial charge in [0, 0.05) is 25.0 Å². The lowest BCUT2D eigenvalue weighted by atomic mass is 9.84. The van der Waals surface area contributed by atoms with Crippen LogP contribution in [0, 0.1) is 5.92 Å². The number of hydrogen-bond acceptors (Lipinski definition) is 11. The minimum Gasteiger partial charge on any atom is -0.460 e. The van der Waals surface area contributed by atoms with E-state index >= 15 is 0 Å². The van der Waals surface area contributed by atoms with Gasteiger partial charge in [-0.15, -0.1) is 11.8 Å². The van der Waals surface area contributed by atoms with Crippen molar-refractivity contribution < 1.29 is 47.7 Å². The molecule has 0 spiro atoms. The van der Waals surface area contributed by atoms with E-state index in [1.165, 1.54) is 30.0 Å². The van der Waals surface area contributed by atoms with Gasteiger partial charge in [0.15, 0.2) is 5.78 Å². The Kier molecular flexibility index (Phi) is 19.6. The summed E-state index contributed by atoms with van der Waals surface area (Å²) in [6.07, 6.45) is 0.451. The number of hydrogen-bond donors (Lipinski definition) is 3. The average molecular weight is 922 g/mol. The number of unbranched alkanes of at least 4 members (excludes halogenated alkanes) is 1. The van der Waals surface area contributed by atoms with Gasteiger partial charge < -0.3 is 35.3 Å². The maximum Gasteiger partial charge on any atom is 0.413 e. The van der Waals surface area contributed by atoms with Crippen molar-refractivity contribution in [3.05, 3.63) is 150 Å². The molecule has 352 valence electrons. The van der Waals surface area contributed by atoms with Crippen molar-refractivity contribution in [2.45, 2.75) is 108 Å². The third-order valence-corrected chi connectivity index (χ3v) is 11.7. The number of ether oxygens (including phenoxy) is 4. The Labute approximate surface area is 392 Å². The number of thioether (sulfide) groups is 1. The molecule has 3 amide bonds. The zero-order valence-electron chi connectivity index (χ0n) is 38.7. The van der Waals surface area contributed by atoms with Gasteiger partial charge in [0.2, 0.25) is 5.91 Å². The molecule has 0 aromatic heterocycles. The Bertz CT molecular complexity index is 2130. The number of nitrogens with two attached hydrogens (primary N) is 1. The van der Waals surface area contributed by atoms with Gasteiger partial charge in [0.1, 0.15) is 29.6 Å². The van der Waals surface area contributed by atoms with Gasteiger partial charge in [-0.05, 0) is 88.8 Å². The molecule has 13 nitrogen and oxygen atoms in total. The molecule has 0 aliphatic carbocycles. The van der Waals surface area contributed by atoms with Crippen LogP contribution < -0.4 is 21.1 Å². The summed E-state index contributed by atoms with van der Waals surface area (Å²) >= 11 is 1.50. The molecule has 3 atom stereocenters. The lowest BCUT2D eigenvalue weighted by molar-refractivity contribution is -0.155. The maximum atomic E-state index is 14.3. The highest BCUT2D eigenvalue weighted by atomic mass is 32.2. The average Bonchev–Trinajstić information content (AvgIpc) is 3.26. The van der Waals surface area contributed by atoms with Crippen LogP contribution in [0.2, 0.25) is 0 Å². The Hall–Kier alpha value is -6.41. The summed E-state index contributed by atoms with van der Waals surface area (Å²) in [4.78, 5) is 78.8. The summed E-state index contributed by atoms with van der Waals surface area (Å²) in [6.45, 7) is 13.9. The predicted molar refractivity (Wildman–Crippen MR) is 256 cm³/mol. The molecule has 0 aliphatic rings. The molecule has 0 aliphatic heterocycles. The molecule has 0 bridgehead atoms. The maximum absolute atomic E-state index is 14.3. The van der Waals surface area contributed by atoms with Gasteiger partial charge in [-0.1, -0.05) is 122 Å². The highest BCUT2D eigenvalue weighted by Gasteiger charge is 2.39. The molecule has 0 unspecified atom stereocenters. The topological polar surface area (TPSA) is 189 Å². The first-order valence-electron chi connectivity index (χ1n) is 22.0. The fourth-order valence-electron chi connectivity index (χ4n) is 7.04. The fraction of sp³-hybridized carbons (Fsp3) is 0.385. The van der Waals surface area contributed by atoms with E-state index in [1.807, 2.05) is 91.0 Å². The first-order valence-corrected chi connectivity index (χ1v) is 23.0. The lowest BCUT2D eigenvalue weighted by Crippen LogP contribution is -2.45. The van der Waals surface area contributed by atoms with Crippen LogP contribution in [0.3, 0.4) is 0 Å². The van der Waals surface area contributed by atoms with E-state index < -0.39 is 63.8 Å². The molecule has 0 saturated carbocycles. The predicted octanol–water partition coefficient (Wildman–Crippen LogP) is 9.00. The monoisotopic (exact) mass is 921 g/mol. The van der Waals surface area contributed by atoms with Crippen molar-refractivity contribution in [3.63, 3.8) is 0 Å². The van der Waals surface area contributed by atoms with E-state index in [-0.39, 0.29) is 49.8 Å². The first kappa shape index (κ1) is 52.2. The van der Waals surface area contributed by atoms with E-state index in [4.69, 9.17) is 24.7 Å². The largest absolute Gasteiger partial charge is 0.460 e. The van der Waals surface area contributed by atoms with Crippen molar-refractivity contribution in [2.75, 3.05) is 12.4 Å². The lowest BCUT2D eigenvalue weighted by Gasteiger charge is -2.36. The minimum absolute atomic E-state index is 0.0318. The molecule has 0 radical (unpaired) electrons. The second kappa shape index (κ2) is 24.8. The standard InChI is InChI=1S/C52H63N3O10S/c1-8-32-62-47(59)43(55-49(61)65-51(5,6)7)33-36-28-30-41(31-29-36)63-48(60)54-42(26-18-19-27-45(57)64-50(2,3)4)44(56)34-37(46(53)58)35-66-52(38-20-12-9-13-21-38,39-22-14-10-15-23-39)40-24-16-11-17-25-40/h8-17,20-25,28-31,37,42-43H,1,18-19,26-27,32-35H2,2-7H3,(H2,53,58)(H,54,60)(H,55,61)/t37-,42-,43-/m0/s1. The summed E-state index contributed by atoms with van der Waals surface area (Å²) in [5, 5.41) is 5.24. The van der Waals surface area contributed by atoms with E-state index in [9.17, 15) is 28.8 Å². The number of nitrogens with one attached hydrogen (secondary N) is 2.